The summed E-state index contributed by atoms with van der Waals surface area (Å²) in [7, 11) is -33.8. The average molecular weight is 997 g/mol. The van der Waals surface area contributed by atoms with Crippen LogP contribution >= 0.6 is 0 Å². The average Bonchev–Trinajstić information content (AvgIpc) is 3.01. The molecule has 0 radical (unpaired) electrons. The van der Waals surface area contributed by atoms with E-state index in [2.05, 4.69) is 16.7 Å². The van der Waals surface area contributed by atoms with Gasteiger partial charge in [0.05, 0.1) is 13.2 Å². The van der Waals surface area contributed by atoms with Crippen molar-refractivity contribution in [1.82, 2.24) is 9.44 Å². The van der Waals surface area contributed by atoms with Gasteiger partial charge in [-0.05, 0) is 0 Å². The van der Waals surface area contributed by atoms with Gasteiger partial charge in [0, 0.05) is 0 Å². The van der Waals surface area contributed by atoms with Crippen molar-refractivity contribution < 1.29 is 149 Å². The summed E-state index contributed by atoms with van der Waals surface area (Å²) in [6.45, 7) is -3.12. The standard InChI is InChI=1S/C18H32N2O33S6/c21-7-3(1-45-56(33,34)35)48-17(6(20-55(30,31)32)11(7)52-58(39,40)41)50-12-9(23)13(53-59(42,43)44)18(51-14(12)15(24)25)49-10-4(2-46-57(36,37)38)47-16(26)5(8(10)22)19-54(27,28)29/h3-14,16-23,26H,1-2H2,(H,24,25)(H,27,28,29)(H,30,31,32)(H,33,34,35)(H,36,37,38)(H,39,40,41)(H,42,43,44)/t3-,4-,5-,6-,7-,8-,9+,10-,11-,12+,13-,14-,16?,17-,18-/m1/s1. The number of carboxylic acid groups (broad SMARTS) is 1. The molecule has 0 spiro atoms. The van der Waals surface area contributed by atoms with Gasteiger partial charge in [-0.15, -0.1) is 0 Å². The molecule has 0 aliphatic carbocycles. The SMILES string of the molecule is O=C(O)[C@@H]1O[C@@H](O[C@H]2[C@H](O)[C@@H](NS(=O)(=O)O)C(O)O[C@@H]2COS(=O)(=O)O)[C@H](OS(=O)(=O)O)[C@@H](O)[C@@H]1O[C@H]1O[C@H](COS(=O)(=O)O)[C@@H](O)[C@H](OS(=O)(=O)O)[C@H]1NS(=O)(=O)O. The molecule has 15 atom stereocenters. The van der Waals surface area contributed by atoms with Crippen molar-refractivity contribution in [2.45, 2.75) is 92.0 Å². The lowest BCUT2D eigenvalue weighted by molar-refractivity contribution is -0.357. The van der Waals surface area contributed by atoms with Crippen LogP contribution in [0.1, 0.15) is 0 Å². The van der Waals surface area contributed by atoms with Gasteiger partial charge in [-0.2, -0.15) is 60.0 Å². The van der Waals surface area contributed by atoms with Gasteiger partial charge in [-0.25, -0.2) is 21.5 Å². The van der Waals surface area contributed by atoms with Crippen LogP contribution in [-0.2, 0) is 107 Å². The first-order valence-electron chi connectivity index (χ1n) is 14.7. The zero-order valence-electron chi connectivity index (χ0n) is 27.9. The maximum absolute atomic E-state index is 12.5. The third-order valence-electron chi connectivity index (χ3n) is 7.51. The summed E-state index contributed by atoms with van der Waals surface area (Å²) in [5, 5.41) is 53.1. The van der Waals surface area contributed by atoms with Gasteiger partial charge in [0.15, 0.2) is 31.1 Å². The molecule has 0 aromatic carbocycles. The molecule has 348 valence electrons. The van der Waals surface area contributed by atoms with Gasteiger partial charge in [0.1, 0.15) is 60.9 Å². The molecule has 59 heavy (non-hydrogen) atoms. The third-order valence-corrected chi connectivity index (χ3v) is 10.4. The minimum atomic E-state index is -5.95. The van der Waals surface area contributed by atoms with Crippen LogP contribution in [0.15, 0.2) is 0 Å². The first kappa shape index (κ1) is 51.7. The van der Waals surface area contributed by atoms with E-state index in [4.69, 9.17) is 32.8 Å². The Kier molecular flexibility index (Phi) is 16.6. The lowest BCUT2D eigenvalue weighted by Crippen LogP contribution is -2.70. The summed E-state index contributed by atoms with van der Waals surface area (Å²) in [6, 6.07) is -5.24. The Labute approximate surface area is 330 Å². The van der Waals surface area contributed by atoms with Crippen molar-refractivity contribution >= 4 is 68.2 Å². The Hall–Kier alpha value is -1.67. The summed E-state index contributed by atoms with van der Waals surface area (Å²) < 4.78 is 238. The molecule has 3 saturated heterocycles. The summed E-state index contributed by atoms with van der Waals surface area (Å²) in [5.41, 5.74) is 0. The van der Waals surface area contributed by atoms with E-state index in [0.717, 1.165) is 0 Å². The molecule has 3 heterocycles. The normalized spacial score (nSPS) is 36.9. The Morgan fingerprint density at radius 1 is 0.508 bits per heavy atom. The molecule has 0 bridgehead atoms. The maximum Gasteiger partial charge on any atom is 0.397 e. The Balaban J connectivity index is 2.15. The second-order valence-corrected chi connectivity index (χ2v) is 18.3. The lowest BCUT2D eigenvalue weighted by atomic mass is 9.95. The molecule has 13 N–H and O–H groups in total. The van der Waals surface area contributed by atoms with E-state index in [-0.39, 0.29) is 0 Å². The molecule has 0 aromatic rings. The molecule has 3 rings (SSSR count). The molecule has 3 fully saturated rings. The highest BCUT2D eigenvalue weighted by molar-refractivity contribution is 7.84. The van der Waals surface area contributed by atoms with Gasteiger partial charge in [0.2, 0.25) is 0 Å². The monoisotopic (exact) mass is 996 g/mol. The van der Waals surface area contributed by atoms with Crippen molar-refractivity contribution in [2.75, 3.05) is 13.2 Å². The number of aliphatic carboxylic acids is 1. The number of nitrogens with one attached hydrogen (secondary N) is 2. The van der Waals surface area contributed by atoms with E-state index in [1.165, 1.54) is 9.44 Å². The molecular weight excluding hydrogens is 965 g/mol. The van der Waals surface area contributed by atoms with Gasteiger partial charge in [-0.1, -0.05) is 0 Å². The van der Waals surface area contributed by atoms with Crippen LogP contribution in [-0.4, -0.2) is 215 Å². The topological polar surface area (TPSA) is 552 Å². The lowest BCUT2D eigenvalue weighted by Gasteiger charge is -2.48. The van der Waals surface area contributed by atoms with E-state index >= 15 is 0 Å². The molecule has 3 aliphatic heterocycles. The number of ether oxygens (including phenoxy) is 5. The molecular formula is C18H32N2O33S6. The van der Waals surface area contributed by atoms with Crippen LogP contribution in [0.4, 0.5) is 0 Å². The predicted molar refractivity (Wildman–Crippen MR) is 168 cm³/mol. The fraction of sp³-hybridized carbons (Fsp3) is 0.944. The van der Waals surface area contributed by atoms with E-state index in [0.29, 0.717) is 0 Å². The molecule has 1 unspecified atom stereocenters. The van der Waals surface area contributed by atoms with Crippen LogP contribution in [0.2, 0.25) is 0 Å². The zero-order chi connectivity index (χ0) is 45.4. The highest BCUT2D eigenvalue weighted by Crippen LogP contribution is 2.35. The highest BCUT2D eigenvalue weighted by atomic mass is 32.3. The smallest absolute Gasteiger partial charge is 0.397 e. The largest absolute Gasteiger partial charge is 0.479 e. The van der Waals surface area contributed by atoms with Crippen molar-refractivity contribution in [3.05, 3.63) is 0 Å². The van der Waals surface area contributed by atoms with E-state index in [9.17, 15) is 99.0 Å². The van der Waals surface area contributed by atoms with Gasteiger partial charge >= 0.3 is 68.2 Å². The van der Waals surface area contributed by atoms with Crippen LogP contribution in [0.25, 0.3) is 0 Å². The number of hydrogen-bond donors (Lipinski definition) is 13. The molecule has 41 heteroatoms. The fourth-order valence-electron chi connectivity index (χ4n) is 5.40. The first-order valence-corrected chi connectivity index (χ1v) is 23.1. The molecule has 35 nitrogen and oxygen atoms in total. The molecule has 3 aliphatic rings. The van der Waals surface area contributed by atoms with E-state index in [1.54, 1.807) is 0 Å². The van der Waals surface area contributed by atoms with Crippen LogP contribution in [0.3, 0.4) is 0 Å². The zero-order valence-corrected chi connectivity index (χ0v) is 32.8. The summed E-state index contributed by atoms with van der Waals surface area (Å²) in [6.07, 6.45) is -35.8. The molecule has 0 saturated carbocycles. The van der Waals surface area contributed by atoms with Gasteiger partial charge in [0.25, 0.3) is 0 Å². The molecule has 0 aromatic heterocycles. The maximum atomic E-state index is 12.5. The summed E-state index contributed by atoms with van der Waals surface area (Å²) >= 11 is 0. The second-order valence-electron chi connectivity index (χ2n) is 11.7. The number of rotatable bonds is 19. The Morgan fingerprint density at radius 3 is 1.42 bits per heavy atom. The summed E-state index contributed by atoms with van der Waals surface area (Å²) in [5.74, 6) is -2.34. The van der Waals surface area contributed by atoms with Crippen molar-refractivity contribution in [3.63, 3.8) is 0 Å². The quantitative estimate of drug-likeness (QED) is 0.0534. The van der Waals surface area contributed by atoms with E-state index in [1.807, 2.05) is 0 Å². The van der Waals surface area contributed by atoms with Crippen LogP contribution in [0.5, 0.6) is 0 Å². The minimum Gasteiger partial charge on any atom is -0.479 e. The van der Waals surface area contributed by atoms with Gasteiger partial charge in [-0.3, -0.25) is 27.3 Å². The Bertz CT molecular complexity index is 2160. The van der Waals surface area contributed by atoms with Crippen LogP contribution < -0.4 is 9.44 Å². The summed E-state index contributed by atoms with van der Waals surface area (Å²) in [4.78, 5) is 12.5. The Morgan fingerprint density at radius 2 is 0.966 bits per heavy atom. The van der Waals surface area contributed by atoms with Gasteiger partial charge < -0.3 is 49.2 Å². The minimum absolute atomic E-state index is 1.17. The van der Waals surface area contributed by atoms with Crippen molar-refractivity contribution in [2.24, 2.45) is 0 Å². The second kappa shape index (κ2) is 19.0. The van der Waals surface area contributed by atoms with Crippen LogP contribution in [0, 0.1) is 0 Å². The fourth-order valence-corrected chi connectivity index (χ4v) is 8.20. The molecule has 0 amide bonds. The third kappa shape index (κ3) is 15.9. The number of carbonyl (C=O) groups is 1. The first-order chi connectivity index (χ1) is 26.5. The number of aliphatic hydroxyl groups is 4. The predicted octanol–water partition coefficient (Wildman–Crippen LogP) is -9.37. The number of hydrogen-bond acceptors (Lipinski definition) is 26. The number of aliphatic hydroxyl groups excluding tert-OH is 4. The highest BCUT2D eigenvalue weighted by Gasteiger charge is 2.58. The van der Waals surface area contributed by atoms with E-state index < -0.39 is 173 Å². The van der Waals surface area contributed by atoms with Crippen molar-refractivity contribution in [1.29, 1.82) is 0 Å². The van der Waals surface area contributed by atoms with Crippen molar-refractivity contribution in [3.8, 4) is 0 Å². The number of carboxylic acids is 1.